The molecule has 2 aliphatic carbocycles. The SMILES string of the molecule is O=C(c1nc2ccccc2[nH]1)C1CC(Oc2ncc(F)cc2C2CCOCC2)C1.O=C(c1nc2ccccc2[nH]1)C1CC(Oc2ncc(F)cc2C2CCOCC2)C1. The van der Waals surface area contributed by atoms with Gasteiger partial charge in [-0.2, -0.15) is 0 Å². The highest BCUT2D eigenvalue weighted by molar-refractivity contribution is 5.98. The van der Waals surface area contributed by atoms with Crippen molar-refractivity contribution in [2.75, 3.05) is 26.4 Å². The summed E-state index contributed by atoms with van der Waals surface area (Å²) in [4.78, 5) is 48.8. The number of fused-ring (bicyclic) bond motifs is 2. The van der Waals surface area contributed by atoms with Crippen molar-refractivity contribution in [1.29, 1.82) is 0 Å². The molecule has 0 atom stereocenters. The highest BCUT2D eigenvalue weighted by atomic mass is 19.1. The van der Waals surface area contributed by atoms with Crippen molar-refractivity contribution < 1.29 is 37.3 Å². The van der Waals surface area contributed by atoms with E-state index in [0.717, 1.165) is 58.9 Å². The molecule has 4 aliphatic rings. The molecule has 14 heteroatoms. The fourth-order valence-corrected chi connectivity index (χ4v) is 8.28. The number of aromatic amines is 2. The van der Waals surface area contributed by atoms with Crippen LogP contribution < -0.4 is 9.47 Å². The lowest BCUT2D eigenvalue weighted by atomic mass is 9.79. The smallest absolute Gasteiger partial charge is 0.217 e. The summed E-state index contributed by atoms with van der Waals surface area (Å²) in [7, 11) is 0. The third kappa shape index (κ3) is 8.21. The van der Waals surface area contributed by atoms with E-state index in [9.17, 15) is 18.4 Å². The predicted molar refractivity (Wildman–Crippen MR) is 209 cm³/mol. The summed E-state index contributed by atoms with van der Waals surface area (Å²) in [6, 6.07) is 18.2. The zero-order valence-corrected chi connectivity index (χ0v) is 31.9. The van der Waals surface area contributed by atoms with E-state index in [0.29, 0.717) is 75.5 Å². The Balaban J connectivity index is 0.000000150. The zero-order valence-electron chi connectivity index (χ0n) is 31.9. The topological polar surface area (TPSA) is 154 Å². The van der Waals surface area contributed by atoms with Crippen molar-refractivity contribution >= 4 is 33.6 Å². The average Bonchev–Trinajstić information content (AvgIpc) is 3.87. The van der Waals surface area contributed by atoms with Crippen LogP contribution in [0, 0.1) is 23.5 Å². The Bertz CT molecular complexity index is 2180. The molecule has 6 heterocycles. The first-order chi connectivity index (χ1) is 28.3. The van der Waals surface area contributed by atoms with Crippen molar-refractivity contribution in [3.63, 3.8) is 0 Å². The van der Waals surface area contributed by atoms with Crippen LogP contribution in [-0.4, -0.2) is 80.1 Å². The molecule has 2 saturated heterocycles. The molecule has 0 bridgehead atoms. The maximum Gasteiger partial charge on any atom is 0.217 e. The van der Waals surface area contributed by atoms with Gasteiger partial charge in [-0.1, -0.05) is 24.3 Å². The van der Waals surface area contributed by atoms with Crippen molar-refractivity contribution in [1.82, 2.24) is 29.9 Å². The Morgan fingerprint density at radius 3 is 1.40 bits per heavy atom. The van der Waals surface area contributed by atoms with E-state index < -0.39 is 0 Å². The molecule has 58 heavy (non-hydrogen) atoms. The summed E-state index contributed by atoms with van der Waals surface area (Å²) >= 11 is 0. The van der Waals surface area contributed by atoms with Gasteiger partial charge in [-0.05, 0) is 99.6 Å². The molecule has 2 saturated carbocycles. The Kier molecular flexibility index (Phi) is 10.9. The zero-order chi connectivity index (χ0) is 39.6. The summed E-state index contributed by atoms with van der Waals surface area (Å²) in [5, 5.41) is 0. The minimum Gasteiger partial charge on any atom is -0.474 e. The number of Topliss-reactive ketones (excluding diaryl/α,β-unsaturated/α-hetero) is 2. The molecule has 0 amide bonds. The number of nitrogens with zero attached hydrogens (tertiary/aromatic N) is 4. The molecule has 0 radical (unpaired) electrons. The number of hydrogen-bond donors (Lipinski definition) is 2. The number of H-pyrrole nitrogens is 2. The maximum absolute atomic E-state index is 13.8. The number of imidazole rings is 2. The first kappa shape index (κ1) is 37.9. The number of rotatable bonds is 10. The third-order valence-electron chi connectivity index (χ3n) is 11.7. The minimum absolute atomic E-state index is 0.0118. The molecule has 4 aromatic heterocycles. The van der Waals surface area contributed by atoms with Crippen LogP contribution in [0.25, 0.3) is 22.1 Å². The van der Waals surface area contributed by atoms with E-state index in [1.807, 2.05) is 48.5 Å². The summed E-state index contributed by atoms with van der Waals surface area (Å²) in [5.41, 5.74) is 4.92. The summed E-state index contributed by atoms with van der Waals surface area (Å²) in [6.07, 6.45) is 7.97. The third-order valence-corrected chi connectivity index (χ3v) is 11.7. The summed E-state index contributed by atoms with van der Waals surface area (Å²) in [6.45, 7) is 2.66. The van der Waals surface area contributed by atoms with Gasteiger partial charge in [0.25, 0.3) is 0 Å². The van der Waals surface area contributed by atoms with Crippen molar-refractivity contribution in [3.05, 3.63) is 107 Å². The van der Waals surface area contributed by atoms with Crippen LogP contribution in [0.1, 0.15) is 95.6 Å². The monoisotopic (exact) mass is 790 g/mol. The number of carbonyl (C=O) groups excluding carboxylic acids is 2. The van der Waals surface area contributed by atoms with E-state index in [2.05, 4.69) is 29.9 Å². The van der Waals surface area contributed by atoms with Crippen molar-refractivity contribution in [3.8, 4) is 11.8 Å². The van der Waals surface area contributed by atoms with Crippen LogP contribution in [0.3, 0.4) is 0 Å². The Morgan fingerprint density at radius 1 is 0.603 bits per heavy atom. The predicted octanol–water partition coefficient (Wildman–Crippen LogP) is 8.06. The lowest BCUT2D eigenvalue weighted by Gasteiger charge is -2.34. The van der Waals surface area contributed by atoms with Crippen LogP contribution >= 0.6 is 0 Å². The summed E-state index contributed by atoms with van der Waals surface area (Å²) < 4.78 is 50.5. The van der Waals surface area contributed by atoms with Gasteiger partial charge >= 0.3 is 0 Å². The Hall–Kier alpha value is -5.60. The lowest BCUT2D eigenvalue weighted by molar-refractivity contribution is 0.0448. The van der Waals surface area contributed by atoms with Gasteiger partial charge in [0.05, 0.1) is 34.5 Å². The van der Waals surface area contributed by atoms with Gasteiger partial charge in [0.2, 0.25) is 23.3 Å². The standard InChI is InChI=1S/2C22H22FN3O3/c2*23-15-11-17(13-5-7-28-8-6-13)22(24-12-15)29-16-9-14(10-16)20(27)21-25-18-3-1-2-4-19(18)26-21/h2*1-4,11-14,16H,5-10H2,(H,25,26). The number of halogens is 2. The van der Waals surface area contributed by atoms with E-state index in [4.69, 9.17) is 18.9 Å². The number of ketones is 2. The van der Waals surface area contributed by atoms with Crippen LogP contribution in [0.4, 0.5) is 8.78 Å². The fraction of sp³-hybridized carbons (Fsp3) is 0.409. The van der Waals surface area contributed by atoms with Crippen molar-refractivity contribution in [2.45, 2.75) is 75.4 Å². The second-order valence-corrected chi connectivity index (χ2v) is 15.6. The quantitative estimate of drug-likeness (QED) is 0.130. The van der Waals surface area contributed by atoms with Gasteiger partial charge in [-0.25, -0.2) is 28.7 Å². The van der Waals surface area contributed by atoms with Crippen molar-refractivity contribution in [2.24, 2.45) is 11.8 Å². The fourth-order valence-electron chi connectivity index (χ4n) is 8.28. The molecular formula is C44H44F2N6O6. The Labute approximate surface area is 333 Å². The van der Waals surface area contributed by atoms with Gasteiger partial charge < -0.3 is 28.9 Å². The van der Waals surface area contributed by atoms with Crippen LogP contribution in [0.15, 0.2) is 73.1 Å². The van der Waals surface area contributed by atoms with E-state index in [1.54, 1.807) is 0 Å². The minimum atomic E-state index is -0.356. The molecule has 6 aromatic rings. The molecule has 0 unspecified atom stereocenters. The molecule has 0 spiro atoms. The highest BCUT2D eigenvalue weighted by Gasteiger charge is 2.40. The normalized spacial score (nSPS) is 22.4. The number of pyridine rings is 2. The number of para-hydroxylation sites is 4. The maximum atomic E-state index is 13.8. The van der Waals surface area contributed by atoms with Crippen LogP contribution in [-0.2, 0) is 9.47 Å². The number of carbonyl (C=O) groups is 2. The molecule has 10 rings (SSSR count). The number of ether oxygens (including phenoxy) is 4. The second kappa shape index (κ2) is 16.7. The molecule has 2 aliphatic heterocycles. The first-order valence-corrected chi connectivity index (χ1v) is 20.1. The van der Waals surface area contributed by atoms with Crippen LogP contribution in [0.2, 0.25) is 0 Å². The number of aromatic nitrogens is 6. The van der Waals surface area contributed by atoms with Crippen LogP contribution in [0.5, 0.6) is 11.8 Å². The lowest BCUT2D eigenvalue weighted by Crippen LogP contribution is -2.39. The van der Waals surface area contributed by atoms with E-state index >= 15 is 0 Å². The molecule has 2 N–H and O–H groups in total. The van der Waals surface area contributed by atoms with E-state index in [-0.39, 0.29) is 59.1 Å². The average molecular weight is 791 g/mol. The van der Waals surface area contributed by atoms with Gasteiger partial charge in [-0.15, -0.1) is 0 Å². The van der Waals surface area contributed by atoms with Gasteiger partial charge in [0, 0.05) is 49.4 Å². The molecule has 300 valence electrons. The number of benzene rings is 2. The van der Waals surface area contributed by atoms with Gasteiger partial charge in [0.15, 0.2) is 11.6 Å². The van der Waals surface area contributed by atoms with E-state index in [1.165, 1.54) is 24.5 Å². The molecule has 4 fully saturated rings. The molecule has 2 aromatic carbocycles. The number of hydrogen-bond acceptors (Lipinski definition) is 10. The molecular weight excluding hydrogens is 747 g/mol. The highest BCUT2D eigenvalue weighted by Crippen LogP contribution is 2.39. The summed E-state index contributed by atoms with van der Waals surface area (Å²) in [5.74, 6) is 1.22. The number of nitrogens with one attached hydrogen (secondary N) is 2. The largest absolute Gasteiger partial charge is 0.474 e. The molecule has 12 nitrogen and oxygen atoms in total. The first-order valence-electron chi connectivity index (χ1n) is 20.1. The second-order valence-electron chi connectivity index (χ2n) is 15.6. The Morgan fingerprint density at radius 2 is 1.00 bits per heavy atom. The van der Waals surface area contributed by atoms with Gasteiger partial charge in [-0.3, -0.25) is 9.59 Å². The van der Waals surface area contributed by atoms with Gasteiger partial charge in [0.1, 0.15) is 23.8 Å².